The molecule has 49 heavy (non-hydrogen) atoms. The number of hydrogen-bond acceptors (Lipinski definition) is 4. The second-order valence-corrected chi connectivity index (χ2v) is 15.3. The highest BCUT2D eigenvalue weighted by Gasteiger charge is 2.52. The van der Waals surface area contributed by atoms with Crippen LogP contribution in [0.25, 0.3) is 0 Å². The smallest absolute Gasteiger partial charge is 0.404 e. The van der Waals surface area contributed by atoms with Gasteiger partial charge in [-0.2, -0.15) is 13.2 Å². The molecule has 4 atom stereocenters. The van der Waals surface area contributed by atoms with E-state index in [1.54, 1.807) is 42.2 Å². The number of amides is 1. The van der Waals surface area contributed by atoms with E-state index in [1.165, 1.54) is 18.9 Å². The molecule has 2 aromatic carbocycles. The average molecular weight is 685 g/mol. The van der Waals surface area contributed by atoms with Crippen molar-refractivity contribution in [1.29, 1.82) is 5.41 Å². The van der Waals surface area contributed by atoms with Gasteiger partial charge in [-0.3, -0.25) is 10.2 Å². The molecule has 2 unspecified atom stereocenters. The number of amidine groups is 1. The van der Waals surface area contributed by atoms with Crippen LogP contribution in [0.15, 0.2) is 36.4 Å². The summed E-state index contributed by atoms with van der Waals surface area (Å²) in [5.74, 6) is -1.32. The fraction of sp³-hybridized carbons (Fsp3) is 0.641. The number of nitrogens with one attached hydrogen (secondary N) is 3. The first-order valence-electron chi connectivity index (χ1n) is 18.5. The molecular formula is C39H52F4N4O2. The number of benzene rings is 2. The minimum Gasteiger partial charge on any atom is -0.460 e. The Morgan fingerprint density at radius 2 is 1.67 bits per heavy atom. The lowest BCUT2D eigenvalue weighted by atomic mass is 9.72. The van der Waals surface area contributed by atoms with Crippen LogP contribution in [0.1, 0.15) is 141 Å². The standard InChI is InChI=1S/C39H52F4N4O2/c1-25-19-29(13-14-33(25)40)34(28-11-12-28)45-36(48)31-21-27(24-47-23-26(2)49-37(47)44)20-30(22-31)32-15-18-38(46-35(32)39(41,42)43)16-9-7-5-3-4-6-8-10-17-38/h13-14,19-22,26,28,32,34-35,44,46H,3-12,15-18,23-24H2,1-2H3,(H,45,48)/t26-,32?,34-,35?/m0/s1. The van der Waals surface area contributed by atoms with Crippen LogP contribution in [0.5, 0.6) is 0 Å². The average Bonchev–Trinajstić information content (AvgIpc) is 3.85. The van der Waals surface area contributed by atoms with Gasteiger partial charge in [0, 0.05) is 23.6 Å². The summed E-state index contributed by atoms with van der Waals surface area (Å²) in [5, 5.41) is 14.7. The minimum atomic E-state index is -4.47. The number of alkyl halides is 3. The van der Waals surface area contributed by atoms with Gasteiger partial charge in [0.25, 0.3) is 11.9 Å². The Bertz CT molecular complexity index is 1480. The summed E-state index contributed by atoms with van der Waals surface area (Å²) in [5.41, 5.74) is 2.24. The van der Waals surface area contributed by atoms with Crippen molar-refractivity contribution >= 4 is 11.9 Å². The zero-order chi connectivity index (χ0) is 34.8. The molecule has 2 aromatic rings. The number of hydrogen-bond donors (Lipinski definition) is 3. The van der Waals surface area contributed by atoms with Crippen molar-refractivity contribution in [1.82, 2.24) is 15.5 Å². The molecule has 2 aliphatic heterocycles. The second kappa shape index (κ2) is 15.0. The molecule has 4 fully saturated rings. The van der Waals surface area contributed by atoms with Gasteiger partial charge in [0.15, 0.2) is 0 Å². The monoisotopic (exact) mass is 684 g/mol. The van der Waals surface area contributed by atoms with Gasteiger partial charge in [0.05, 0.1) is 12.6 Å². The van der Waals surface area contributed by atoms with Crippen LogP contribution in [-0.2, 0) is 11.3 Å². The summed E-state index contributed by atoms with van der Waals surface area (Å²) in [4.78, 5) is 15.8. The van der Waals surface area contributed by atoms with Gasteiger partial charge >= 0.3 is 6.18 Å². The molecule has 0 aromatic heterocycles. The predicted molar refractivity (Wildman–Crippen MR) is 183 cm³/mol. The lowest BCUT2D eigenvalue weighted by Crippen LogP contribution is -2.61. The van der Waals surface area contributed by atoms with Crippen molar-refractivity contribution in [2.75, 3.05) is 6.54 Å². The summed E-state index contributed by atoms with van der Waals surface area (Å²) in [6.07, 6.45) is 8.41. The Kier molecular flexibility index (Phi) is 10.9. The van der Waals surface area contributed by atoms with Crippen LogP contribution in [0, 0.1) is 24.1 Å². The topological polar surface area (TPSA) is 77.5 Å². The Morgan fingerprint density at radius 1 is 1.00 bits per heavy atom. The third kappa shape index (κ3) is 8.78. The summed E-state index contributed by atoms with van der Waals surface area (Å²) in [6, 6.07) is 8.03. The molecule has 2 saturated heterocycles. The summed E-state index contributed by atoms with van der Waals surface area (Å²) >= 11 is 0. The summed E-state index contributed by atoms with van der Waals surface area (Å²) in [6.45, 7) is 4.30. The van der Waals surface area contributed by atoms with E-state index in [-0.39, 0.29) is 42.4 Å². The van der Waals surface area contributed by atoms with Gasteiger partial charge in [0.1, 0.15) is 18.0 Å². The molecule has 2 aliphatic carbocycles. The first-order chi connectivity index (χ1) is 23.4. The zero-order valence-electron chi connectivity index (χ0n) is 28.9. The maximum Gasteiger partial charge on any atom is 0.404 e. The molecule has 1 spiro atoms. The molecule has 6 nitrogen and oxygen atoms in total. The van der Waals surface area contributed by atoms with Crippen LogP contribution < -0.4 is 10.6 Å². The van der Waals surface area contributed by atoms with E-state index < -0.39 is 23.7 Å². The van der Waals surface area contributed by atoms with Crippen molar-refractivity contribution in [2.45, 2.75) is 146 Å². The lowest BCUT2D eigenvalue weighted by Gasteiger charge is -2.47. The Morgan fingerprint density at radius 3 is 2.27 bits per heavy atom. The van der Waals surface area contributed by atoms with Crippen LogP contribution in [-0.4, -0.2) is 47.2 Å². The number of aryl methyl sites for hydroxylation is 1. The number of carbonyl (C=O) groups is 1. The third-order valence-corrected chi connectivity index (χ3v) is 11.3. The fourth-order valence-electron chi connectivity index (χ4n) is 8.47. The molecule has 4 aliphatic rings. The number of rotatable bonds is 7. The third-order valence-electron chi connectivity index (χ3n) is 11.3. The molecule has 2 heterocycles. The SMILES string of the molecule is Cc1cc([C@@H](NC(=O)c2cc(CN3C[C@H](C)OC3=N)cc(C3CCC4(CCCCCCCCCC4)NC3C(F)(F)F)c2)C2CC2)ccc1F. The van der Waals surface area contributed by atoms with Crippen LogP contribution >= 0.6 is 0 Å². The Labute approximate surface area is 288 Å². The normalized spacial score (nSPS) is 25.8. The van der Waals surface area contributed by atoms with Gasteiger partial charge in [-0.05, 0) is 98.7 Å². The minimum absolute atomic E-state index is 0.0191. The van der Waals surface area contributed by atoms with E-state index in [9.17, 15) is 9.18 Å². The van der Waals surface area contributed by atoms with Crippen molar-refractivity contribution in [2.24, 2.45) is 5.92 Å². The zero-order valence-corrected chi connectivity index (χ0v) is 28.9. The molecule has 1 amide bonds. The van der Waals surface area contributed by atoms with E-state index in [2.05, 4.69) is 10.6 Å². The van der Waals surface area contributed by atoms with Crippen LogP contribution in [0.2, 0.25) is 0 Å². The maximum atomic E-state index is 15.1. The molecule has 0 radical (unpaired) electrons. The molecule has 0 bridgehead atoms. The number of carbonyl (C=O) groups excluding carboxylic acids is 1. The highest BCUT2D eigenvalue weighted by molar-refractivity contribution is 5.95. The molecule has 268 valence electrons. The second-order valence-electron chi connectivity index (χ2n) is 15.3. The Balaban J connectivity index is 1.31. The van der Waals surface area contributed by atoms with Gasteiger partial charge < -0.3 is 20.3 Å². The predicted octanol–water partition coefficient (Wildman–Crippen LogP) is 9.22. The number of ether oxygens (including phenoxy) is 1. The van der Waals surface area contributed by atoms with E-state index in [4.69, 9.17) is 10.1 Å². The fourth-order valence-corrected chi connectivity index (χ4v) is 8.47. The van der Waals surface area contributed by atoms with Crippen LogP contribution in [0.3, 0.4) is 0 Å². The van der Waals surface area contributed by atoms with E-state index in [0.717, 1.165) is 69.8 Å². The van der Waals surface area contributed by atoms with Gasteiger partial charge in [-0.15, -0.1) is 0 Å². The van der Waals surface area contributed by atoms with E-state index in [1.807, 2.05) is 6.92 Å². The van der Waals surface area contributed by atoms with Crippen molar-refractivity contribution in [3.05, 3.63) is 70.0 Å². The maximum absolute atomic E-state index is 15.1. The number of nitrogens with zero attached hydrogens (tertiary/aromatic N) is 1. The van der Waals surface area contributed by atoms with Gasteiger partial charge in [-0.25, -0.2) is 4.39 Å². The molecular weight excluding hydrogens is 632 g/mol. The van der Waals surface area contributed by atoms with Crippen LogP contribution in [0.4, 0.5) is 17.6 Å². The summed E-state index contributed by atoms with van der Waals surface area (Å²) in [7, 11) is 0. The van der Waals surface area contributed by atoms with Crippen molar-refractivity contribution in [3.8, 4) is 0 Å². The van der Waals surface area contributed by atoms with E-state index >= 15 is 13.2 Å². The molecule has 3 N–H and O–H groups in total. The molecule has 6 rings (SSSR count). The van der Waals surface area contributed by atoms with Crippen molar-refractivity contribution < 1.29 is 27.1 Å². The van der Waals surface area contributed by atoms with Gasteiger partial charge in [-0.1, -0.05) is 69.6 Å². The lowest BCUT2D eigenvalue weighted by molar-refractivity contribution is -0.174. The Hall–Kier alpha value is -3.14. The highest BCUT2D eigenvalue weighted by Crippen LogP contribution is 2.45. The van der Waals surface area contributed by atoms with Crippen molar-refractivity contribution in [3.63, 3.8) is 0 Å². The van der Waals surface area contributed by atoms with E-state index in [0.29, 0.717) is 41.6 Å². The number of halogens is 4. The quantitative estimate of drug-likeness (QED) is 0.254. The first kappa shape index (κ1) is 35.7. The number of piperidine rings is 1. The largest absolute Gasteiger partial charge is 0.460 e. The molecule has 2 saturated carbocycles. The first-order valence-corrected chi connectivity index (χ1v) is 18.5. The highest BCUT2D eigenvalue weighted by atomic mass is 19.4. The van der Waals surface area contributed by atoms with Gasteiger partial charge in [0.2, 0.25) is 0 Å². The summed E-state index contributed by atoms with van der Waals surface area (Å²) < 4.78 is 64.9. The molecule has 10 heteroatoms.